The van der Waals surface area contributed by atoms with E-state index in [1.54, 1.807) is 18.2 Å². The van der Waals surface area contributed by atoms with Crippen LogP contribution in [0.1, 0.15) is 17.3 Å². The number of azo groups is 1. The number of nitrogens with one attached hydrogen (secondary N) is 2. The van der Waals surface area contributed by atoms with Gasteiger partial charge in [0.15, 0.2) is 5.70 Å². The average molecular weight is 446 g/mol. The maximum Gasteiger partial charge on any atom is 0.279 e. The molecule has 2 amide bonds. The number of amides is 2. The van der Waals surface area contributed by atoms with Crippen molar-refractivity contribution in [1.29, 1.82) is 0 Å². The van der Waals surface area contributed by atoms with Gasteiger partial charge in [0.25, 0.3) is 11.8 Å². The summed E-state index contributed by atoms with van der Waals surface area (Å²) in [5.41, 5.74) is 6.63. The van der Waals surface area contributed by atoms with E-state index < -0.39 is 27.6 Å². The minimum absolute atomic E-state index is 0.149. The molecule has 0 saturated heterocycles. The second-order valence-electron chi connectivity index (χ2n) is 6.39. The third-order valence-electron chi connectivity index (χ3n) is 3.75. The third kappa shape index (κ3) is 7.87. The Kier molecular flexibility index (Phi) is 7.82. The molecule has 0 aliphatic rings. The number of benzene rings is 2. The highest BCUT2D eigenvalue weighted by Crippen LogP contribution is 2.19. The number of aliphatic hydroxyl groups is 1. The quantitative estimate of drug-likeness (QED) is 0.178. The van der Waals surface area contributed by atoms with Crippen LogP contribution in [0.3, 0.4) is 0 Å². The number of allylic oxidation sites excluding steroid dienone is 1. The number of nitrogens with two attached hydrogens (primary N) is 2. The first-order valence-corrected chi connectivity index (χ1v) is 10.6. The highest BCUT2D eigenvalue weighted by atomic mass is 32.2. The first-order valence-electron chi connectivity index (χ1n) is 8.92. The Morgan fingerprint density at radius 2 is 1.84 bits per heavy atom. The molecule has 0 spiro atoms. The van der Waals surface area contributed by atoms with Crippen LogP contribution in [-0.4, -0.2) is 37.6 Å². The highest BCUT2D eigenvalue weighted by molar-refractivity contribution is 7.89. The number of carbonyl (C=O) groups excluding carboxylic acids is 2. The molecule has 0 aliphatic heterocycles. The van der Waals surface area contributed by atoms with Gasteiger partial charge in [0, 0.05) is 23.5 Å². The van der Waals surface area contributed by atoms with E-state index >= 15 is 0 Å². The summed E-state index contributed by atoms with van der Waals surface area (Å²) in [6.45, 7) is 1.13. The van der Waals surface area contributed by atoms with Crippen LogP contribution in [-0.2, 0) is 14.8 Å². The average Bonchev–Trinajstić information content (AvgIpc) is 2.67. The van der Waals surface area contributed by atoms with Crippen LogP contribution in [0.15, 0.2) is 70.2 Å². The van der Waals surface area contributed by atoms with Gasteiger partial charge < -0.3 is 21.5 Å². The van der Waals surface area contributed by atoms with Gasteiger partial charge in [-0.3, -0.25) is 9.59 Å². The molecule has 2 aromatic carbocycles. The fraction of sp³-hybridized carbons (Fsp3) is 0.158. The Morgan fingerprint density at radius 1 is 1.13 bits per heavy atom. The van der Waals surface area contributed by atoms with E-state index in [9.17, 15) is 23.1 Å². The largest absolute Gasteiger partial charge is 0.510 e. The normalized spacial score (nSPS) is 12.3. The molecule has 2 aromatic rings. The van der Waals surface area contributed by atoms with Crippen LogP contribution in [0.25, 0.3) is 0 Å². The predicted octanol–water partition coefficient (Wildman–Crippen LogP) is 1.80. The zero-order valence-electron chi connectivity index (χ0n) is 16.6. The van der Waals surface area contributed by atoms with Crippen molar-refractivity contribution in [2.45, 2.75) is 6.92 Å². The van der Waals surface area contributed by atoms with Crippen molar-refractivity contribution in [3.05, 3.63) is 65.6 Å². The molecule has 7 N–H and O–H groups in total. The van der Waals surface area contributed by atoms with E-state index in [0.717, 1.165) is 0 Å². The number of primary sulfonamides is 1. The zero-order valence-corrected chi connectivity index (χ0v) is 17.4. The van der Waals surface area contributed by atoms with Crippen molar-refractivity contribution >= 4 is 38.9 Å². The van der Waals surface area contributed by atoms with Gasteiger partial charge in [-0.15, -0.1) is 5.11 Å². The molecular weight excluding hydrogens is 424 g/mol. The molecule has 0 aliphatic carbocycles. The van der Waals surface area contributed by atoms with Gasteiger partial charge in [-0.1, -0.05) is 12.1 Å². The molecule has 164 valence electrons. The van der Waals surface area contributed by atoms with Crippen LogP contribution in [0.2, 0.25) is 0 Å². The second kappa shape index (κ2) is 10.3. The Balaban J connectivity index is 2.11. The van der Waals surface area contributed by atoms with Crippen molar-refractivity contribution in [3.63, 3.8) is 0 Å². The number of aliphatic hydroxyl groups excluding tert-OH is 1. The lowest BCUT2D eigenvalue weighted by molar-refractivity contribution is -0.113. The summed E-state index contributed by atoms with van der Waals surface area (Å²) < 4.78 is 21.9. The van der Waals surface area contributed by atoms with E-state index in [1.165, 1.54) is 37.3 Å². The summed E-state index contributed by atoms with van der Waals surface area (Å²) in [6, 6.07) is 12.4. The Hall–Kier alpha value is -3.77. The summed E-state index contributed by atoms with van der Waals surface area (Å²) in [6.07, 6.45) is 0. The lowest BCUT2D eigenvalue weighted by Crippen LogP contribution is -2.31. The molecule has 0 saturated carbocycles. The van der Waals surface area contributed by atoms with Gasteiger partial charge in [-0.05, 0) is 43.3 Å². The first kappa shape index (κ1) is 23.5. The van der Waals surface area contributed by atoms with E-state index in [2.05, 4.69) is 20.9 Å². The standard InChI is InChI=1S/C19H22N6O5S/c1-12(26)17(19(28)23-15-6-3-5-14(20)11-15)25-24-16-7-2-4-13(10-16)18(27)22-8-9-31(21,29)30/h2-7,10-11,26H,8-9,20H2,1H3,(H,22,27)(H,23,28)(H2,21,29,30). The van der Waals surface area contributed by atoms with Gasteiger partial charge in [-0.25, -0.2) is 13.6 Å². The molecule has 31 heavy (non-hydrogen) atoms. The minimum Gasteiger partial charge on any atom is -0.510 e. The third-order valence-corrected chi connectivity index (χ3v) is 4.52. The number of nitrogens with zero attached hydrogens (tertiary/aromatic N) is 2. The molecule has 2 rings (SSSR count). The number of rotatable bonds is 8. The Bertz CT molecular complexity index is 1140. The van der Waals surface area contributed by atoms with Crippen LogP contribution >= 0.6 is 0 Å². The molecular formula is C19H22N6O5S. The topological polar surface area (TPSA) is 189 Å². The van der Waals surface area contributed by atoms with Crippen molar-refractivity contribution in [2.75, 3.05) is 23.3 Å². The molecule has 0 bridgehead atoms. The van der Waals surface area contributed by atoms with Crippen molar-refractivity contribution in [3.8, 4) is 0 Å². The molecule has 0 atom stereocenters. The zero-order chi connectivity index (χ0) is 23.0. The van der Waals surface area contributed by atoms with Gasteiger partial charge in [-0.2, -0.15) is 5.11 Å². The molecule has 0 radical (unpaired) electrons. The number of carbonyl (C=O) groups is 2. The van der Waals surface area contributed by atoms with E-state index in [1.807, 2.05) is 0 Å². The molecule has 0 aromatic heterocycles. The fourth-order valence-corrected chi connectivity index (χ4v) is 2.70. The number of nitrogen functional groups attached to an aromatic ring is 1. The van der Waals surface area contributed by atoms with Gasteiger partial charge in [0.2, 0.25) is 10.0 Å². The van der Waals surface area contributed by atoms with Gasteiger partial charge in [0.1, 0.15) is 5.76 Å². The fourth-order valence-electron chi connectivity index (χ4n) is 2.31. The molecule has 0 heterocycles. The lowest BCUT2D eigenvalue weighted by atomic mass is 10.2. The number of anilines is 2. The van der Waals surface area contributed by atoms with Crippen molar-refractivity contribution in [2.24, 2.45) is 15.4 Å². The maximum absolute atomic E-state index is 12.4. The Morgan fingerprint density at radius 3 is 2.48 bits per heavy atom. The minimum atomic E-state index is -3.69. The van der Waals surface area contributed by atoms with Gasteiger partial charge >= 0.3 is 0 Å². The smallest absolute Gasteiger partial charge is 0.279 e. The highest BCUT2D eigenvalue weighted by Gasteiger charge is 2.14. The predicted molar refractivity (Wildman–Crippen MR) is 116 cm³/mol. The van der Waals surface area contributed by atoms with E-state index in [0.29, 0.717) is 11.4 Å². The van der Waals surface area contributed by atoms with Crippen molar-refractivity contribution in [1.82, 2.24) is 5.32 Å². The van der Waals surface area contributed by atoms with Crippen LogP contribution in [0.4, 0.5) is 17.1 Å². The number of hydrogen-bond acceptors (Lipinski definition) is 8. The van der Waals surface area contributed by atoms with Crippen LogP contribution in [0.5, 0.6) is 0 Å². The molecule has 11 nitrogen and oxygen atoms in total. The first-order chi connectivity index (χ1) is 14.5. The number of sulfonamides is 1. The monoisotopic (exact) mass is 446 g/mol. The van der Waals surface area contributed by atoms with Crippen LogP contribution < -0.4 is 21.5 Å². The van der Waals surface area contributed by atoms with Gasteiger partial charge in [0.05, 0.1) is 11.4 Å². The summed E-state index contributed by atoms with van der Waals surface area (Å²) in [7, 11) is -3.69. The molecule has 0 fully saturated rings. The summed E-state index contributed by atoms with van der Waals surface area (Å²) >= 11 is 0. The lowest BCUT2D eigenvalue weighted by Gasteiger charge is -2.07. The molecule has 12 heteroatoms. The number of hydrogen-bond donors (Lipinski definition) is 5. The summed E-state index contributed by atoms with van der Waals surface area (Å²) in [4.78, 5) is 24.5. The van der Waals surface area contributed by atoms with Crippen LogP contribution in [0, 0.1) is 0 Å². The second-order valence-corrected chi connectivity index (χ2v) is 8.12. The Labute approximate surface area is 178 Å². The summed E-state index contributed by atoms with van der Waals surface area (Å²) in [5.74, 6) is -1.99. The SMILES string of the molecule is CC(O)=C(N=Nc1cccc(C(=O)NCCS(N)(=O)=O)c1)C(=O)Nc1cccc(N)c1. The maximum atomic E-state index is 12.4. The van der Waals surface area contributed by atoms with Crippen molar-refractivity contribution < 1.29 is 23.1 Å². The summed E-state index contributed by atoms with van der Waals surface area (Å²) in [5, 5.41) is 27.4. The van der Waals surface area contributed by atoms with E-state index in [-0.39, 0.29) is 29.3 Å². The molecule has 0 unspecified atom stereocenters. The van der Waals surface area contributed by atoms with E-state index in [4.69, 9.17) is 10.9 Å².